The Balaban J connectivity index is 0.00000210. The van der Waals surface area contributed by atoms with Gasteiger partial charge in [-0.3, -0.25) is 9.97 Å². The first-order chi connectivity index (χ1) is 12.8. The zero-order valence-electron chi connectivity index (χ0n) is 14.0. The predicted molar refractivity (Wildman–Crippen MR) is 102 cm³/mol. The Kier molecular flexibility index (Phi) is 6.38. The van der Waals surface area contributed by atoms with Crippen LogP contribution in [0.1, 0.15) is 0 Å². The van der Waals surface area contributed by atoms with Gasteiger partial charge in [-0.1, -0.05) is 34.9 Å². The van der Waals surface area contributed by atoms with E-state index in [-0.39, 0.29) is 26.8 Å². The normalized spacial score (nSPS) is 10.2. The molecule has 0 spiro atoms. The fourth-order valence-electron chi connectivity index (χ4n) is 2.49. The number of phenolic OH excluding ortho intramolecular Hbond substituents is 1. The summed E-state index contributed by atoms with van der Waals surface area (Å²) in [6.45, 7) is 0. The standard InChI is InChI=1S/C21H14N3OS.Pt/c25-19-9-2-1-8-17(19)18-11-13-23-21(24-18)15-6-5-7-16(14-15)26-20-10-3-4-12-22-20;/h1-13,25H;/q-1;. The molecule has 136 valence electrons. The third-order valence-electron chi connectivity index (χ3n) is 3.70. The Hall–Kier alpha value is -2.49. The van der Waals surface area contributed by atoms with E-state index >= 15 is 0 Å². The second-order valence-corrected chi connectivity index (χ2v) is 6.54. The maximum absolute atomic E-state index is 10.1. The van der Waals surface area contributed by atoms with Crippen molar-refractivity contribution in [3.63, 3.8) is 0 Å². The van der Waals surface area contributed by atoms with Crippen LogP contribution in [0.2, 0.25) is 0 Å². The fraction of sp³-hybridized carbons (Fsp3) is 0. The number of rotatable bonds is 4. The fourth-order valence-corrected chi connectivity index (χ4v) is 3.28. The molecule has 4 nitrogen and oxygen atoms in total. The first kappa shape index (κ1) is 19.3. The quantitative estimate of drug-likeness (QED) is 0.368. The molecule has 0 fully saturated rings. The molecular formula is C21H14N3OPtS-. The molecule has 2 aromatic heterocycles. The van der Waals surface area contributed by atoms with Gasteiger partial charge in [-0.25, -0.2) is 4.98 Å². The number of aromatic nitrogens is 3. The van der Waals surface area contributed by atoms with Crippen molar-refractivity contribution in [2.24, 2.45) is 0 Å². The Morgan fingerprint density at radius 3 is 2.48 bits per heavy atom. The third kappa shape index (κ3) is 4.62. The van der Waals surface area contributed by atoms with E-state index in [0.717, 1.165) is 15.5 Å². The van der Waals surface area contributed by atoms with Crippen molar-refractivity contribution < 1.29 is 26.2 Å². The van der Waals surface area contributed by atoms with Gasteiger partial charge in [0.25, 0.3) is 0 Å². The number of aromatic hydroxyl groups is 1. The Morgan fingerprint density at radius 1 is 0.815 bits per heavy atom. The summed E-state index contributed by atoms with van der Waals surface area (Å²) in [7, 11) is 0. The van der Waals surface area contributed by atoms with Gasteiger partial charge in [0.1, 0.15) is 5.75 Å². The molecule has 4 rings (SSSR count). The van der Waals surface area contributed by atoms with Crippen molar-refractivity contribution in [1.29, 1.82) is 0 Å². The number of hydrogen-bond acceptors (Lipinski definition) is 5. The number of benzene rings is 2. The number of para-hydroxylation sites is 1. The number of phenols is 1. The number of hydrogen-bond donors (Lipinski definition) is 1. The third-order valence-corrected chi connectivity index (χ3v) is 4.61. The number of pyridine rings is 1. The van der Waals surface area contributed by atoms with Gasteiger partial charge < -0.3 is 5.11 Å². The van der Waals surface area contributed by atoms with Crippen molar-refractivity contribution in [2.75, 3.05) is 0 Å². The van der Waals surface area contributed by atoms with Crippen LogP contribution in [0, 0.1) is 6.07 Å². The summed E-state index contributed by atoms with van der Waals surface area (Å²) in [6, 6.07) is 23.9. The van der Waals surface area contributed by atoms with Crippen LogP contribution in [0.5, 0.6) is 5.75 Å². The van der Waals surface area contributed by atoms with E-state index < -0.39 is 0 Å². The van der Waals surface area contributed by atoms with E-state index in [1.807, 2.05) is 48.5 Å². The topological polar surface area (TPSA) is 58.9 Å². The average Bonchev–Trinajstić information content (AvgIpc) is 2.69. The van der Waals surface area contributed by atoms with Gasteiger partial charge in [0.05, 0.1) is 16.5 Å². The van der Waals surface area contributed by atoms with Gasteiger partial charge in [0.2, 0.25) is 0 Å². The molecular weight excluding hydrogens is 537 g/mol. The summed E-state index contributed by atoms with van der Waals surface area (Å²) < 4.78 is 0. The van der Waals surface area contributed by atoms with E-state index in [4.69, 9.17) is 0 Å². The van der Waals surface area contributed by atoms with E-state index in [1.54, 1.807) is 30.6 Å². The van der Waals surface area contributed by atoms with E-state index in [0.29, 0.717) is 17.1 Å². The van der Waals surface area contributed by atoms with Crippen LogP contribution in [0.3, 0.4) is 0 Å². The van der Waals surface area contributed by atoms with Gasteiger partial charge >= 0.3 is 0 Å². The number of nitrogens with zero attached hydrogens (tertiary/aromatic N) is 3. The van der Waals surface area contributed by atoms with Gasteiger partial charge in [0.15, 0.2) is 0 Å². The molecule has 0 saturated carbocycles. The zero-order valence-corrected chi connectivity index (χ0v) is 17.1. The van der Waals surface area contributed by atoms with Gasteiger partial charge in [-0.15, -0.1) is 29.8 Å². The summed E-state index contributed by atoms with van der Waals surface area (Å²) in [5, 5.41) is 11.0. The van der Waals surface area contributed by atoms with Crippen molar-refractivity contribution in [3.05, 3.63) is 85.2 Å². The summed E-state index contributed by atoms with van der Waals surface area (Å²) in [4.78, 5) is 14.2. The first-order valence-electron chi connectivity index (χ1n) is 8.02. The molecule has 0 radical (unpaired) electrons. The van der Waals surface area contributed by atoms with Gasteiger partial charge in [0, 0.05) is 39.0 Å². The minimum absolute atomic E-state index is 0. The molecule has 0 saturated heterocycles. The van der Waals surface area contributed by atoms with Crippen LogP contribution in [-0.2, 0) is 21.1 Å². The maximum atomic E-state index is 10.1. The molecule has 0 aliphatic carbocycles. The summed E-state index contributed by atoms with van der Waals surface area (Å²) in [5.41, 5.74) is 2.14. The molecule has 0 amide bonds. The maximum Gasteiger partial charge on any atom is 0.124 e. The largest absolute Gasteiger partial charge is 0.507 e. The van der Waals surface area contributed by atoms with Crippen molar-refractivity contribution in [1.82, 2.24) is 15.0 Å². The smallest absolute Gasteiger partial charge is 0.124 e. The summed E-state index contributed by atoms with van der Waals surface area (Å²) >= 11 is 1.54. The van der Waals surface area contributed by atoms with Crippen LogP contribution in [-0.4, -0.2) is 20.1 Å². The molecule has 2 aromatic carbocycles. The van der Waals surface area contributed by atoms with Gasteiger partial charge in [-0.2, -0.15) is 0 Å². The minimum Gasteiger partial charge on any atom is -0.507 e. The van der Waals surface area contributed by atoms with Crippen LogP contribution in [0.4, 0.5) is 0 Å². The van der Waals surface area contributed by atoms with Crippen molar-refractivity contribution in [3.8, 4) is 28.4 Å². The second kappa shape index (κ2) is 8.94. The molecule has 0 aliphatic rings. The first-order valence-corrected chi connectivity index (χ1v) is 8.84. The molecule has 4 aromatic rings. The van der Waals surface area contributed by atoms with Crippen LogP contribution in [0.25, 0.3) is 22.6 Å². The Morgan fingerprint density at radius 2 is 1.67 bits per heavy atom. The second-order valence-electron chi connectivity index (χ2n) is 5.48. The van der Waals surface area contributed by atoms with E-state index in [1.165, 1.54) is 11.8 Å². The molecule has 0 aliphatic heterocycles. The summed E-state index contributed by atoms with van der Waals surface area (Å²) in [5.74, 6) is 0.759. The Labute approximate surface area is 176 Å². The molecule has 27 heavy (non-hydrogen) atoms. The van der Waals surface area contributed by atoms with Crippen molar-refractivity contribution >= 4 is 11.8 Å². The van der Waals surface area contributed by atoms with Gasteiger partial charge in [-0.05, 0) is 30.3 Å². The van der Waals surface area contributed by atoms with Crippen LogP contribution >= 0.6 is 11.8 Å². The monoisotopic (exact) mass is 551 g/mol. The SMILES string of the molecule is Oc1ccccc1-c1ccnc(-c2[c-]c(Sc3ccccn3)ccc2)n1.[Pt]. The molecule has 0 bridgehead atoms. The molecule has 6 heteroatoms. The predicted octanol–water partition coefficient (Wildman–Crippen LogP) is 4.86. The van der Waals surface area contributed by atoms with E-state index in [9.17, 15) is 5.11 Å². The summed E-state index contributed by atoms with van der Waals surface area (Å²) in [6.07, 6.45) is 3.46. The van der Waals surface area contributed by atoms with Crippen LogP contribution in [0.15, 0.2) is 89.0 Å². The van der Waals surface area contributed by atoms with Crippen molar-refractivity contribution in [2.45, 2.75) is 9.92 Å². The zero-order chi connectivity index (χ0) is 17.8. The van der Waals surface area contributed by atoms with Crippen LogP contribution < -0.4 is 0 Å². The molecule has 2 heterocycles. The molecule has 0 unspecified atom stereocenters. The van der Waals surface area contributed by atoms with E-state index in [2.05, 4.69) is 21.0 Å². The molecule has 0 atom stereocenters. The molecule has 1 N–H and O–H groups in total. The average molecular weight is 552 g/mol. The minimum atomic E-state index is 0. The Bertz CT molecular complexity index is 1040.